The third-order valence-corrected chi connectivity index (χ3v) is 6.90. The Kier molecular flexibility index (Phi) is 9.72. The van der Waals surface area contributed by atoms with Crippen LogP contribution in [-0.4, -0.2) is 36.1 Å². The largest absolute Gasteiger partial charge is 0.359 e. The predicted molar refractivity (Wildman–Crippen MR) is 152 cm³/mol. The average Bonchev–Trinajstić information content (AvgIpc) is 2.99. The van der Waals surface area contributed by atoms with Gasteiger partial charge in [-0.05, 0) is 35.1 Å². The van der Waals surface area contributed by atoms with Crippen molar-refractivity contribution in [2.45, 2.75) is 24.0 Å². The van der Waals surface area contributed by atoms with E-state index in [0.29, 0.717) is 35.1 Å². The lowest BCUT2D eigenvalue weighted by molar-refractivity contribution is -0.501. The van der Waals surface area contributed by atoms with Crippen LogP contribution in [0.2, 0.25) is 0 Å². The molecule has 0 spiro atoms. The molecule has 0 saturated carbocycles. The highest BCUT2D eigenvalue weighted by Gasteiger charge is 2.42. The number of ether oxygens (including phenoxy) is 2. The van der Waals surface area contributed by atoms with E-state index in [2.05, 4.69) is 0 Å². The van der Waals surface area contributed by atoms with E-state index in [4.69, 9.17) is 9.47 Å². The lowest BCUT2D eigenvalue weighted by atomic mass is 9.86. The number of rotatable bonds is 15. The van der Waals surface area contributed by atoms with Crippen molar-refractivity contribution < 1.29 is 19.3 Å². The third-order valence-electron chi connectivity index (χ3n) is 6.90. The molecule has 0 unspecified atom stereocenters. The maximum Gasteiger partial charge on any atom is 0.240 e. The molecular formula is C32H32N2O6. The minimum atomic E-state index is -1.25. The molecule has 0 bridgehead atoms. The fourth-order valence-electron chi connectivity index (χ4n) is 5.01. The zero-order valence-corrected chi connectivity index (χ0v) is 22.1. The predicted octanol–water partition coefficient (Wildman–Crippen LogP) is 6.24. The van der Waals surface area contributed by atoms with Crippen molar-refractivity contribution in [2.24, 2.45) is 0 Å². The van der Waals surface area contributed by atoms with Crippen LogP contribution in [0, 0.1) is 20.2 Å². The number of benzene rings is 4. The van der Waals surface area contributed by atoms with Crippen molar-refractivity contribution in [3.63, 3.8) is 0 Å². The van der Waals surface area contributed by atoms with Crippen LogP contribution >= 0.6 is 0 Å². The van der Waals surface area contributed by atoms with Crippen molar-refractivity contribution in [1.29, 1.82) is 0 Å². The van der Waals surface area contributed by atoms with Crippen molar-refractivity contribution in [1.82, 2.24) is 0 Å². The van der Waals surface area contributed by atoms with Gasteiger partial charge in [0.25, 0.3) is 0 Å². The topological polar surface area (TPSA) is 105 Å². The average molecular weight is 541 g/mol. The van der Waals surface area contributed by atoms with Crippen LogP contribution in [0.3, 0.4) is 0 Å². The fraction of sp³-hybridized carbons (Fsp3) is 0.250. The van der Waals surface area contributed by atoms with Gasteiger partial charge in [-0.1, -0.05) is 121 Å². The van der Waals surface area contributed by atoms with Crippen molar-refractivity contribution in [3.8, 4) is 0 Å². The van der Waals surface area contributed by atoms with Gasteiger partial charge in [0.1, 0.15) is 0 Å². The second kappa shape index (κ2) is 13.6. The van der Waals surface area contributed by atoms with Gasteiger partial charge in [-0.25, -0.2) is 0 Å². The summed E-state index contributed by atoms with van der Waals surface area (Å²) in [4.78, 5) is 22.9. The molecule has 0 fully saturated rings. The highest BCUT2D eigenvalue weighted by atomic mass is 16.6. The Morgan fingerprint density at radius 3 is 0.950 bits per heavy atom. The second-order valence-electron chi connectivity index (χ2n) is 9.50. The summed E-state index contributed by atoms with van der Waals surface area (Å²) < 4.78 is 12.7. The summed E-state index contributed by atoms with van der Waals surface area (Å²) in [6, 6.07) is 36.9. The Bertz CT molecular complexity index is 1170. The van der Waals surface area contributed by atoms with E-state index >= 15 is 0 Å². The summed E-state index contributed by atoms with van der Waals surface area (Å²) in [7, 11) is 0. The first-order valence-corrected chi connectivity index (χ1v) is 13.2. The molecule has 4 aromatic carbocycles. The minimum Gasteiger partial charge on any atom is -0.359 e. The molecule has 4 rings (SSSR count). The maximum atomic E-state index is 11.8. The summed E-state index contributed by atoms with van der Waals surface area (Å²) in [5.74, 6) is 0. The summed E-state index contributed by atoms with van der Waals surface area (Å²) >= 11 is 0. The molecule has 40 heavy (non-hydrogen) atoms. The van der Waals surface area contributed by atoms with Crippen molar-refractivity contribution in [2.75, 3.05) is 26.3 Å². The van der Waals surface area contributed by atoms with Crippen LogP contribution in [0.1, 0.15) is 35.1 Å². The molecule has 8 heteroatoms. The fourth-order valence-corrected chi connectivity index (χ4v) is 5.01. The normalized spacial score (nSPS) is 11.7. The van der Waals surface area contributed by atoms with Crippen LogP contribution in [0.5, 0.6) is 0 Å². The van der Waals surface area contributed by atoms with E-state index in [1.165, 1.54) is 0 Å². The molecular weight excluding hydrogens is 508 g/mol. The Balaban J connectivity index is 1.51. The molecule has 0 aliphatic carbocycles. The first-order valence-electron chi connectivity index (χ1n) is 13.2. The molecule has 0 saturated heterocycles. The molecule has 8 nitrogen and oxygen atoms in total. The van der Waals surface area contributed by atoms with Gasteiger partial charge in [0.2, 0.25) is 13.1 Å². The molecule has 0 atom stereocenters. The van der Waals surface area contributed by atoms with Gasteiger partial charge in [-0.2, -0.15) is 0 Å². The minimum absolute atomic E-state index is 0.236. The number of unbranched alkanes of at least 4 members (excludes halogenated alkanes) is 1. The van der Waals surface area contributed by atoms with Gasteiger partial charge >= 0.3 is 0 Å². The zero-order chi connectivity index (χ0) is 28.3. The first-order chi connectivity index (χ1) is 19.5. The first kappa shape index (κ1) is 28.6. The van der Waals surface area contributed by atoms with E-state index in [9.17, 15) is 20.2 Å². The molecule has 206 valence electrons. The van der Waals surface area contributed by atoms with E-state index in [1.54, 1.807) is 0 Å². The van der Waals surface area contributed by atoms with E-state index in [1.807, 2.05) is 121 Å². The maximum absolute atomic E-state index is 11.8. The summed E-state index contributed by atoms with van der Waals surface area (Å²) in [5.41, 5.74) is 0.298. The summed E-state index contributed by atoms with van der Waals surface area (Å²) in [5, 5.41) is 23.6. The summed E-state index contributed by atoms with van der Waals surface area (Å²) in [6.45, 7) is -0.378. The Labute approximate surface area is 233 Å². The third kappa shape index (κ3) is 6.77. The van der Waals surface area contributed by atoms with Gasteiger partial charge in [0.05, 0.1) is 0 Å². The van der Waals surface area contributed by atoms with Crippen LogP contribution in [-0.2, 0) is 20.7 Å². The monoisotopic (exact) mass is 540 g/mol. The SMILES string of the molecule is O=[N+]([O-])CC(OCCCCOC(C[N+](=O)[O-])(c1ccccc1)c1ccccc1)(c1ccccc1)c1ccccc1. The lowest BCUT2D eigenvalue weighted by Gasteiger charge is -2.32. The van der Waals surface area contributed by atoms with E-state index in [-0.39, 0.29) is 23.1 Å². The second-order valence-corrected chi connectivity index (χ2v) is 9.50. The molecule has 0 radical (unpaired) electrons. The molecule has 0 amide bonds. The Hall–Kier alpha value is -4.40. The highest BCUT2D eigenvalue weighted by molar-refractivity contribution is 5.38. The van der Waals surface area contributed by atoms with Gasteiger partial charge < -0.3 is 9.47 Å². The lowest BCUT2D eigenvalue weighted by Crippen LogP contribution is -2.39. The molecule has 4 aromatic rings. The van der Waals surface area contributed by atoms with Crippen molar-refractivity contribution >= 4 is 0 Å². The van der Waals surface area contributed by atoms with E-state index in [0.717, 1.165) is 0 Å². The quantitative estimate of drug-likeness (QED) is 0.100. The molecule has 0 aromatic heterocycles. The van der Waals surface area contributed by atoms with Crippen LogP contribution in [0.15, 0.2) is 121 Å². The Morgan fingerprint density at radius 2 is 0.725 bits per heavy atom. The molecule has 0 heterocycles. The number of nitrogens with zero attached hydrogens (tertiary/aromatic N) is 2. The number of nitro groups is 2. The van der Waals surface area contributed by atoms with Crippen LogP contribution in [0.4, 0.5) is 0 Å². The number of hydrogen-bond donors (Lipinski definition) is 0. The molecule has 0 aliphatic heterocycles. The van der Waals surface area contributed by atoms with Gasteiger partial charge in [0.15, 0.2) is 11.2 Å². The van der Waals surface area contributed by atoms with Crippen LogP contribution in [0.25, 0.3) is 0 Å². The Morgan fingerprint density at radius 1 is 0.475 bits per heavy atom. The smallest absolute Gasteiger partial charge is 0.240 e. The molecule has 0 aliphatic rings. The van der Waals surface area contributed by atoms with Crippen LogP contribution < -0.4 is 0 Å². The number of hydrogen-bond acceptors (Lipinski definition) is 6. The van der Waals surface area contributed by atoms with Crippen molar-refractivity contribution in [3.05, 3.63) is 164 Å². The van der Waals surface area contributed by atoms with Gasteiger partial charge in [0, 0.05) is 23.1 Å². The van der Waals surface area contributed by atoms with Gasteiger partial charge in [-0.3, -0.25) is 20.2 Å². The van der Waals surface area contributed by atoms with E-state index < -0.39 is 24.3 Å². The standard InChI is InChI=1S/C32H32N2O6/c35-33(36)25-31(27-15-5-1-6-16-27,28-17-7-2-8-18-28)39-23-13-14-24-40-32(26-34(37)38,29-19-9-3-10-20-29)30-21-11-4-12-22-30/h1-12,15-22H,13-14,23-26H2. The summed E-state index contributed by atoms with van der Waals surface area (Å²) in [6.07, 6.45) is 1.08. The highest BCUT2D eigenvalue weighted by Crippen LogP contribution is 2.36. The molecule has 0 N–H and O–H groups in total. The zero-order valence-electron chi connectivity index (χ0n) is 22.1. The van der Waals surface area contributed by atoms with Gasteiger partial charge in [-0.15, -0.1) is 0 Å².